The SMILES string of the molecule is Clc1ccc(CN2CC[C@H](NCc3ccnc4ccccc34)C[C@H]2Cc2ccccc2)c(Cl)c1. The summed E-state index contributed by atoms with van der Waals surface area (Å²) in [7, 11) is 0. The summed E-state index contributed by atoms with van der Waals surface area (Å²) in [6, 6.07) is 28.1. The van der Waals surface area contributed by atoms with Crippen LogP contribution in [0.1, 0.15) is 29.5 Å². The Morgan fingerprint density at radius 2 is 1.74 bits per heavy atom. The summed E-state index contributed by atoms with van der Waals surface area (Å²) in [5, 5.41) is 6.51. The number of rotatable bonds is 7. The monoisotopic (exact) mass is 489 g/mol. The molecule has 2 atom stereocenters. The van der Waals surface area contributed by atoms with Crippen molar-refractivity contribution in [1.29, 1.82) is 0 Å². The van der Waals surface area contributed by atoms with E-state index in [9.17, 15) is 0 Å². The molecule has 0 bridgehead atoms. The number of nitrogens with zero attached hydrogens (tertiary/aromatic N) is 2. The largest absolute Gasteiger partial charge is 0.310 e. The van der Waals surface area contributed by atoms with Gasteiger partial charge in [-0.05, 0) is 60.2 Å². The molecule has 0 saturated carbocycles. The van der Waals surface area contributed by atoms with Crippen LogP contribution in [0.25, 0.3) is 10.9 Å². The zero-order valence-electron chi connectivity index (χ0n) is 19.1. The molecule has 1 aromatic heterocycles. The van der Waals surface area contributed by atoms with Gasteiger partial charge in [-0.2, -0.15) is 0 Å². The molecule has 34 heavy (non-hydrogen) atoms. The maximum Gasteiger partial charge on any atom is 0.0705 e. The van der Waals surface area contributed by atoms with E-state index in [0.29, 0.717) is 17.1 Å². The number of para-hydroxylation sites is 1. The average molecular weight is 490 g/mol. The van der Waals surface area contributed by atoms with E-state index < -0.39 is 0 Å². The summed E-state index contributed by atoms with van der Waals surface area (Å²) in [6.07, 6.45) is 5.15. The zero-order chi connectivity index (χ0) is 23.3. The molecule has 174 valence electrons. The van der Waals surface area contributed by atoms with E-state index in [1.807, 2.05) is 24.4 Å². The van der Waals surface area contributed by atoms with Crippen molar-refractivity contribution in [2.45, 2.75) is 44.4 Å². The Bertz CT molecular complexity index is 1240. The molecule has 0 aliphatic carbocycles. The van der Waals surface area contributed by atoms with E-state index in [1.54, 1.807) is 0 Å². The molecule has 5 heteroatoms. The third-order valence-electron chi connectivity index (χ3n) is 6.86. The molecule has 3 aromatic carbocycles. The van der Waals surface area contributed by atoms with Gasteiger partial charge in [-0.3, -0.25) is 9.88 Å². The van der Waals surface area contributed by atoms with Crippen LogP contribution in [0, 0.1) is 0 Å². The van der Waals surface area contributed by atoms with Gasteiger partial charge < -0.3 is 5.32 Å². The summed E-state index contributed by atoms with van der Waals surface area (Å²) in [5.74, 6) is 0. The molecule has 0 amide bonds. The van der Waals surface area contributed by atoms with E-state index in [4.69, 9.17) is 23.2 Å². The molecule has 3 nitrogen and oxygen atoms in total. The second kappa shape index (κ2) is 10.9. The molecule has 5 rings (SSSR count). The van der Waals surface area contributed by atoms with Gasteiger partial charge in [0, 0.05) is 53.3 Å². The van der Waals surface area contributed by atoms with Crippen LogP contribution < -0.4 is 5.32 Å². The van der Waals surface area contributed by atoms with Gasteiger partial charge in [-0.1, -0.05) is 77.8 Å². The molecule has 0 spiro atoms. The number of nitrogens with one attached hydrogen (secondary N) is 1. The summed E-state index contributed by atoms with van der Waals surface area (Å²) in [5.41, 5.74) is 4.87. The summed E-state index contributed by atoms with van der Waals surface area (Å²) in [4.78, 5) is 7.09. The second-order valence-electron chi connectivity index (χ2n) is 9.14. The first-order valence-corrected chi connectivity index (χ1v) is 12.7. The van der Waals surface area contributed by atoms with Crippen LogP contribution in [0.4, 0.5) is 0 Å². The highest BCUT2D eigenvalue weighted by Crippen LogP contribution is 2.28. The quantitative estimate of drug-likeness (QED) is 0.305. The molecule has 4 aromatic rings. The number of benzene rings is 3. The van der Waals surface area contributed by atoms with Crippen molar-refractivity contribution < 1.29 is 0 Å². The zero-order valence-corrected chi connectivity index (χ0v) is 20.6. The maximum absolute atomic E-state index is 6.52. The highest BCUT2D eigenvalue weighted by molar-refractivity contribution is 6.35. The Hall–Kier alpha value is -2.43. The molecule has 1 aliphatic heterocycles. The van der Waals surface area contributed by atoms with Gasteiger partial charge >= 0.3 is 0 Å². The van der Waals surface area contributed by atoms with Crippen molar-refractivity contribution in [1.82, 2.24) is 15.2 Å². The number of piperidine rings is 1. The van der Waals surface area contributed by atoms with Crippen LogP contribution in [-0.2, 0) is 19.5 Å². The first-order chi connectivity index (χ1) is 16.7. The lowest BCUT2D eigenvalue weighted by Crippen LogP contribution is -2.49. The summed E-state index contributed by atoms with van der Waals surface area (Å²) >= 11 is 12.6. The van der Waals surface area contributed by atoms with Crippen LogP contribution in [0.5, 0.6) is 0 Å². The molecule has 1 N–H and O–H groups in total. The van der Waals surface area contributed by atoms with E-state index in [0.717, 1.165) is 55.0 Å². The molecule has 0 unspecified atom stereocenters. The second-order valence-corrected chi connectivity index (χ2v) is 9.98. The van der Waals surface area contributed by atoms with E-state index >= 15 is 0 Å². The van der Waals surface area contributed by atoms with Crippen molar-refractivity contribution in [3.05, 3.63) is 112 Å². The van der Waals surface area contributed by atoms with Crippen LogP contribution in [0.2, 0.25) is 10.0 Å². The van der Waals surface area contributed by atoms with Crippen LogP contribution in [0.15, 0.2) is 85.1 Å². The van der Waals surface area contributed by atoms with Crippen molar-refractivity contribution in [3.63, 3.8) is 0 Å². The van der Waals surface area contributed by atoms with E-state index in [1.165, 1.54) is 16.5 Å². The first-order valence-electron chi connectivity index (χ1n) is 11.9. The minimum atomic E-state index is 0.439. The fourth-order valence-corrected chi connectivity index (χ4v) is 5.49. The molecule has 1 fully saturated rings. The molecule has 1 saturated heterocycles. The number of hydrogen-bond acceptors (Lipinski definition) is 3. The lowest BCUT2D eigenvalue weighted by molar-refractivity contribution is 0.116. The van der Waals surface area contributed by atoms with Crippen molar-refractivity contribution >= 4 is 34.1 Å². The van der Waals surface area contributed by atoms with E-state index in [2.05, 4.69) is 75.9 Å². The van der Waals surface area contributed by atoms with Crippen molar-refractivity contribution in [3.8, 4) is 0 Å². The van der Waals surface area contributed by atoms with Gasteiger partial charge in [0.15, 0.2) is 0 Å². The normalized spacial score (nSPS) is 18.9. The molecule has 2 heterocycles. The highest BCUT2D eigenvalue weighted by atomic mass is 35.5. The average Bonchev–Trinajstić information content (AvgIpc) is 2.86. The van der Waals surface area contributed by atoms with Gasteiger partial charge in [0.1, 0.15) is 0 Å². The van der Waals surface area contributed by atoms with Gasteiger partial charge in [-0.15, -0.1) is 0 Å². The number of likely N-dealkylation sites (tertiary alicyclic amines) is 1. The first kappa shape index (κ1) is 23.3. The Kier molecular flexibility index (Phi) is 7.46. The standard InChI is InChI=1S/C29H29Cl2N3/c30-24-11-10-23(28(31)17-24)20-34-15-13-25(18-26(34)16-21-6-2-1-3-7-21)33-19-22-12-14-32-29-9-5-4-8-27(22)29/h1-12,14,17,25-26,33H,13,15-16,18-20H2/t25-,26+/m0/s1. The summed E-state index contributed by atoms with van der Waals surface area (Å²) < 4.78 is 0. The summed E-state index contributed by atoms with van der Waals surface area (Å²) in [6.45, 7) is 2.73. The minimum absolute atomic E-state index is 0.439. The number of halogens is 2. The van der Waals surface area contributed by atoms with Gasteiger partial charge in [-0.25, -0.2) is 0 Å². The molecule has 0 radical (unpaired) electrons. The van der Waals surface area contributed by atoms with E-state index in [-0.39, 0.29) is 0 Å². The van der Waals surface area contributed by atoms with Crippen LogP contribution in [0.3, 0.4) is 0 Å². The molecular formula is C29H29Cl2N3. The Labute approximate surface area is 211 Å². The predicted octanol–water partition coefficient (Wildman–Crippen LogP) is 6.91. The maximum atomic E-state index is 6.52. The third kappa shape index (κ3) is 5.61. The Morgan fingerprint density at radius 1 is 0.912 bits per heavy atom. The predicted molar refractivity (Wildman–Crippen MR) is 142 cm³/mol. The third-order valence-corrected chi connectivity index (χ3v) is 7.45. The lowest BCUT2D eigenvalue weighted by Gasteiger charge is -2.40. The van der Waals surface area contributed by atoms with Gasteiger partial charge in [0.2, 0.25) is 0 Å². The Balaban J connectivity index is 1.30. The van der Waals surface area contributed by atoms with Gasteiger partial charge in [0.05, 0.1) is 5.52 Å². The topological polar surface area (TPSA) is 28.2 Å². The molecular weight excluding hydrogens is 461 g/mol. The smallest absolute Gasteiger partial charge is 0.0705 e. The molecule has 1 aliphatic rings. The van der Waals surface area contributed by atoms with Crippen molar-refractivity contribution in [2.24, 2.45) is 0 Å². The fraction of sp³-hybridized carbons (Fsp3) is 0.276. The Morgan fingerprint density at radius 3 is 2.59 bits per heavy atom. The van der Waals surface area contributed by atoms with Crippen LogP contribution in [-0.4, -0.2) is 28.5 Å². The lowest BCUT2D eigenvalue weighted by atomic mass is 9.91. The number of hydrogen-bond donors (Lipinski definition) is 1. The van der Waals surface area contributed by atoms with Crippen LogP contribution >= 0.6 is 23.2 Å². The number of pyridine rings is 1. The fourth-order valence-electron chi connectivity index (χ4n) is 5.02. The highest BCUT2D eigenvalue weighted by Gasteiger charge is 2.29. The number of aromatic nitrogens is 1. The van der Waals surface area contributed by atoms with Gasteiger partial charge in [0.25, 0.3) is 0 Å². The van der Waals surface area contributed by atoms with Crippen molar-refractivity contribution in [2.75, 3.05) is 6.54 Å². The minimum Gasteiger partial charge on any atom is -0.310 e. The number of fused-ring (bicyclic) bond motifs is 1.